The normalized spacial score (nSPS) is 24.9. The zero-order chi connectivity index (χ0) is 23.7. The Morgan fingerprint density at radius 2 is 1.76 bits per heavy atom. The van der Waals surface area contributed by atoms with Crippen molar-refractivity contribution in [1.82, 2.24) is 19.7 Å². The Balaban J connectivity index is 1.39. The van der Waals surface area contributed by atoms with Crippen LogP contribution in [0.25, 0.3) is 11.1 Å². The van der Waals surface area contributed by atoms with E-state index in [9.17, 15) is 9.59 Å². The van der Waals surface area contributed by atoms with Gasteiger partial charge in [0.15, 0.2) is 5.58 Å². The predicted octanol–water partition coefficient (Wildman–Crippen LogP) is 4.47. The van der Waals surface area contributed by atoms with Crippen LogP contribution in [0.5, 0.6) is 0 Å². The van der Waals surface area contributed by atoms with Gasteiger partial charge in [-0.05, 0) is 65.6 Å². The second-order valence-corrected chi connectivity index (χ2v) is 10.9. The summed E-state index contributed by atoms with van der Waals surface area (Å²) in [7, 11) is 0. The number of piperidine rings is 1. The Kier molecular flexibility index (Phi) is 6.74. The van der Waals surface area contributed by atoms with Gasteiger partial charge in [-0.15, -0.1) is 0 Å². The van der Waals surface area contributed by atoms with Gasteiger partial charge in [0.05, 0.1) is 12.1 Å². The number of fused-ring (bicyclic) bond motifs is 3. The largest absolute Gasteiger partial charge is 0.460 e. The van der Waals surface area contributed by atoms with E-state index in [0.29, 0.717) is 18.8 Å². The Labute approximate surface area is 202 Å². The summed E-state index contributed by atoms with van der Waals surface area (Å²) in [5.74, 6) is 0.743. The van der Waals surface area contributed by atoms with E-state index in [0.717, 1.165) is 68.6 Å². The number of aromatic nitrogens is 1. The van der Waals surface area contributed by atoms with Crippen LogP contribution in [0.2, 0.25) is 0 Å². The molecule has 1 aliphatic carbocycles. The SMILES string of the molecule is Cc1cc2c(cc3n2C[C@](C)(C(=O)NC2CCCCCC2)N(CCCN2CCCCC2)C3=O)o1. The van der Waals surface area contributed by atoms with E-state index in [1.807, 2.05) is 35.4 Å². The molecule has 0 aromatic carbocycles. The average Bonchev–Trinajstić information content (AvgIpc) is 3.22. The van der Waals surface area contributed by atoms with Crippen molar-refractivity contribution in [3.8, 4) is 0 Å². The molecular formula is C27H40N4O3. The summed E-state index contributed by atoms with van der Waals surface area (Å²) in [6.07, 6.45) is 11.6. The maximum atomic E-state index is 13.8. The molecule has 1 saturated carbocycles. The van der Waals surface area contributed by atoms with Gasteiger partial charge in [-0.25, -0.2) is 0 Å². The van der Waals surface area contributed by atoms with Gasteiger partial charge in [-0.1, -0.05) is 32.1 Å². The third-order valence-electron chi connectivity index (χ3n) is 8.22. The lowest BCUT2D eigenvalue weighted by molar-refractivity contribution is -0.133. The fraction of sp³-hybridized carbons (Fsp3) is 0.704. The van der Waals surface area contributed by atoms with Crippen LogP contribution >= 0.6 is 0 Å². The van der Waals surface area contributed by atoms with Crippen molar-refractivity contribution in [2.75, 3.05) is 26.2 Å². The lowest BCUT2D eigenvalue weighted by atomic mass is 9.93. The molecule has 2 amide bonds. The van der Waals surface area contributed by atoms with E-state index < -0.39 is 5.54 Å². The van der Waals surface area contributed by atoms with Crippen LogP contribution in [0.4, 0.5) is 0 Å². The van der Waals surface area contributed by atoms with E-state index >= 15 is 0 Å². The Hall–Kier alpha value is -2.28. The molecule has 0 bridgehead atoms. The molecule has 0 spiro atoms. The summed E-state index contributed by atoms with van der Waals surface area (Å²) in [5.41, 5.74) is 1.34. The van der Waals surface area contributed by atoms with Crippen LogP contribution in [0.1, 0.15) is 87.4 Å². The summed E-state index contributed by atoms with van der Waals surface area (Å²) in [6.45, 7) is 8.20. The van der Waals surface area contributed by atoms with Crippen molar-refractivity contribution in [2.45, 2.75) is 96.2 Å². The maximum Gasteiger partial charge on any atom is 0.271 e. The predicted molar refractivity (Wildman–Crippen MR) is 133 cm³/mol. The first-order chi connectivity index (χ1) is 16.5. The van der Waals surface area contributed by atoms with E-state index in [1.54, 1.807) is 0 Å². The second kappa shape index (κ2) is 9.76. The maximum absolute atomic E-state index is 13.8. The molecule has 7 nitrogen and oxygen atoms in total. The number of nitrogens with one attached hydrogen (secondary N) is 1. The molecule has 34 heavy (non-hydrogen) atoms. The van der Waals surface area contributed by atoms with E-state index in [-0.39, 0.29) is 17.9 Å². The number of hydrogen-bond donors (Lipinski definition) is 1. The zero-order valence-corrected chi connectivity index (χ0v) is 20.9. The molecule has 7 heteroatoms. The number of furan rings is 1. The average molecular weight is 469 g/mol. The summed E-state index contributed by atoms with van der Waals surface area (Å²) in [4.78, 5) is 32.0. The van der Waals surface area contributed by atoms with Crippen LogP contribution in [0.3, 0.4) is 0 Å². The molecule has 4 heterocycles. The molecule has 2 fully saturated rings. The number of nitrogens with zero attached hydrogens (tertiary/aromatic N) is 3. The minimum absolute atomic E-state index is 0.0153. The third kappa shape index (κ3) is 4.51. The highest BCUT2D eigenvalue weighted by atomic mass is 16.3. The number of carbonyl (C=O) groups excluding carboxylic acids is 2. The fourth-order valence-electron chi connectivity index (χ4n) is 6.21. The third-order valence-corrected chi connectivity index (χ3v) is 8.22. The number of hydrogen-bond acceptors (Lipinski definition) is 4. The topological polar surface area (TPSA) is 70.7 Å². The highest BCUT2D eigenvalue weighted by molar-refractivity contribution is 6.03. The van der Waals surface area contributed by atoms with E-state index in [4.69, 9.17) is 4.42 Å². The quantitative estimate of drug-likeness (QED) is 0.635. The molecule has 3 aliphatic rings. The van der Waals surface area contributed by atoms with Crippen LogP contribution in [0.15, 0.2) is 16.5 Å². The van der Waals surface area contributed by atoms with Gasteiger partial charge in [0.25, 0.3) is 5.91 Å². The Morgan fingerprint density at radius 3 is 2.50 bits per heavy atom. The molecule has 2 aromatic heterocycles. The smallest absolute Gasteiger partial charge is 0.271 e. The summed E-state index contributed by atoms with van der Waals surface area (Å²) >= 11 is 0. The van der Waals surface area contributed by atoms with Crippen LogP contribution in [0, 0.1) is 6.92 Å². The van der Waals surface area contributed by atoms with Gasteiger partial charge in [0.2, 0.25) is 5.91 Å². The number of amides is 2. The molecule has 2 aliphatic heterocycles. The first kappa shape index (κ1) is 23.5. The summed E-state index contributed by atoms with van der Waals surface area (Å²) < 4.78 is 7.83. The zero-order valence-electron chi connectivity index (χ0n) is 20.9. The monoisotopic (exact) mass is 468 g/mol. The number of likely N-dealkylation sites (tertiary alicyclic amines) is 1. The van der Waals surface area contributed by atoms with Gasteiger partial charge in [-0.2, -0.15) is 0 Å². The van der Waals surface area contributed by atoms with Crippen molar-refractivity contribution >= 4 is 22.9 Å². The van der Waals surface area contributed by atoms with Crippen LogP contribution in [-0.4, -0.2) is 63.9 Å². The number of rotatable bonds is 6. The van der Waals surface area contributed by atoms with Gasteiger partial charge < -0.3 is 24.1 Å². The minimum Gasteiger partial charge on any atom is -0.460 e. The molecule has 1 N–H and O–H groups in total. The molecule has 5 rings (SSSR count). The van der Waals surface area contributed by atoms with Gasteiger partial charge in [0, 0.05) is 24.7 Å². The van der Waals surface area contributed by atoms with E-state index in [1.165, 1.54) is 32.1 Å². The molecule has 2 aromatic rings. The van der Waals surface area contributed by atoms with Crippen LogP contribution in [-0.2, 0) is 11.3 Å². The molecule has 1 saturated heterocycles. The van der Waals surface area contributed by atoms with Crippen molar-refractivity contribution in [3.63, 3.8) is 0 Å². The lowest BCUT2D eigenvalue weighted by Gasteiger charge is -2.45. The summed E-state index contributed by atoms with van der Waals surface area (Å²) in [6, 6.07) is 4.03. The van der Waals surface area contributed by atoms with Crippen LogP contribution < -0.4 is 5.32 Å². The van der Waals surface area contributed by atoms with Crippen molar-refractivity contribution in [2.24, 2.45) is 0 Å². The van der Waals surface area contributed by atoms with Crippen molar-refractivity contribution < 1.29 is 14.0 Å². The van der Waals surface area contributed by atoms with Gasteiger partial charge >= 0.3 is 0 Å². The first-order valence-corrected chi connectivity index (χ1v) is 13.4. The minimum atomic E-state index is -0.921. The van der Waals surface area contributed by atoms with Crippen molar-refractivity contribution in [1.29, 1.82) is 0 Å². The fourth-order valence-corrected chi connectivity index (χ4v) is 6.21. The Bertz CT molecular complexity index is 1030. The summed E-state index contributed by atoms with van der Waals surface area (Å²) in [5, 5.41) is 3.36. The molecule has 1 atom stereocenters. The van der Waals surface area contributed by atoms with E-state index in [2.05, 4.69) is 10.2 Å². The molecule has 186 valence electrons. The molecular weight excluding hydrogens is 428 g/mol. The molecule has 0 unspecified atom stereocenters. The highest BCUT2D eigenvalue weighted by Gasteiger charge is 2.48. The van der Waals surface area contributed by atoms with Crippen molar-refractivity contribution in [3.05, 3.63) is 23.6 Å². The number of aryl methyl sites for hydroxylation is 1. The second-order valence-electron chi connectivity index (χ2n) is 10.9. The number of carbonyl (C=O) groups is 2. The highest BCUT2D eigenvalue weighted by Crippen LogP contribution is 2.34. The first-order valence-electron chi connectivity index (χ1n) is 13.4. The molecule has 0 radical (unpaired) electrons. The Morgan fingerprint density at radius 1 is 1.06 bits per heavy atom. The van der Waals surface area contributed by atoms with Gasteiger partial charge in [-0.3, -0.25) is 9.59 Å². The van der Waals surface area contributed by atoms with Gasteiger partial charge in [0.1, 0.15) is 17.0 Å². The standard InChI is InChI=1S/C27H40N4O3/c1-20-17-22-24(34-20)18-23-25(32)31(16-10-15-29-13-8-5-9-14-29)27(2,19-30(22)23)26(33)28-21-11-6-3-4-7-12-21/h17-18,21H,3-16,19H2,1-2H3,(H,28,33)/t27-/m1/s1. The lowest BCUT2D eigenvalue weighted by Crippen LogP contribution is -2.65.